The lowest BCUT2D eigenvalue weighted by atomic mass is 10.2. The lowest BCUT2D eigenvalue weighted by molar-refractivity contribution is 0.627. The molecule has 0 aliphatic carbocycles. The highest BCUT2D eigenvalue weighted by atomic mass is 127. The van der Waals surface area contributed by atoms with Gasteiger partial charge >= 0.3 is 0 Å². The Hall–Kier alpha value is -1.44. The van der Waals surface area contributed by atoms with Crippen molar-refractivity contribution in [3.8, 4) is 0 Å². The topological polar surface area (TPSA) is 63.8 Å². The molecule has 0 atom stereocenters. The first-order valence-electron chi connectivity index (χ1n) is 5.43. The molecule has 1 aromatic carbocycles. The Labute approximate surface area is 118 Å². The number of benzene rings is 1. The van der Waals surface area contributed by atoms with Crippen LogP contribution in [-0.2, 0) is 6.42 Å². The molecule has 0 unspecified atom stereocenters. The molecular formula is C12H12FIN4. The second-order valence-corrected chi connectivity index (χ2v) is 4.85. The molecule has 0 aliphatic heterocycles. The second-order valence-electron chi connectivity index (χ2n) is 3.69. The van der Waals surface area contributed by atoms with Crippen molar-refractivity contribution in [2.45, 2.75) is 13.3 Å². The van der Waals surface area contributed by atoms with Crippen molar-refractivity contribution in [1.82, 2.24) is 9.97 Å². The van der Waals surface area contributed by atoms with Crippen LogP contribution in [0.3, 0.4) is 0 Å². The number of nitrogens with zero attached hydrogens (tertiary/aromatic N) is 2. The molecule has 4 nitrogen and oxygen atoms in total. The number of nitrogens with one attached hydrogen (secondary N) is 1. The van der Waals surface area contributed by atoms with Crippen LogP contribution in [0.2, 0.25) is 0 Å². The summed E-state index contributed by atoms with van der Waals surface area (Å²) in [5.41, 5.74) is 7.45. The highest BCUT2D eigenvalue weighted by Crippen LogP contribution is 2.26. The fourth-order valence-corrected chi connectivity index (χ4v) is 2.21. The quantitative estimate of drug-likeness (QED) is 0.828. The normalized spacial score (nSPS) is 10.4. The minimum Gasteiger partial charge on any atom is -0.383 e. The number of nitrogen functional groups attached to an aromatic ring is 1. The first-order chi connectivity index (χ1) is 8.61. The molecule has 0 amide bonds. The van der Waals surface area contributed by atoms with E-state index >= 15 is 0 Å². The van der Waals surface area contributed by atoms with Crippen LogP contribution < -0.4 is 11.1 Å². The third-order valence-electron chi connectivity index (χ3n) is 2.52. The number of nitrogens with two attached hydrogens (primary N) is 1. The number of hydrogen-bond donors (Lipinski definition) is 2. The van der Waals surface area contributed by atoms with Crippen LogP contribution in [0.25, 0.3) is 0 Å². The predicted molar refractivity (Wildman–Crippen MR) is 78.2 cm³/mol. The lowest BCUT2D eigenvalue weighted by Crippen LogP contribution is -2.05. The Balaban J connectivity index is 2.37. The Morgan fingerprint density at radius 2 is 2.17 bits per heavy atom. The van der Waals surface area contributed by atoms with Gasteiger partial charge in [0, 0.05) is 9.13 Å². The molecule has 6 heteroatoms. The van der Waals surface area contributed by atoms with Gasteiger partial charge in [0.05, 0.1) is 5.69 Å². The standard InChI is InChI=1S/C12H12FIN4/c1-2-8-11(15)16-6-17-12(8)18-10-4-3-7(13)5-9(10)14/h3-6H,2H2,1H3,(H3,15,16,17,18). The van der Waals surface area contributed by atoms with E-state index < -0.39 is 0 Å². The zero-order valence-corrected chi connectivity index (χ0v) is 11.9. The van der Waals surface area contributed by atoms with E-state index in [0.29, 0.717) is 11.6 Å². The number of rotatable bonds is 3. The van der Waals surface area contributed by atoms with E-state index in [4.69, 9.17) is 5.73 Å². The molecule has 1 aromatic heterocycles. The number of hydrogen-bond acceptors (Lipinski definition) is 4. The average Bonchev–Trinajstić information content (AvgIpc) is 2.33. The predicted octanol–water partition coefficient (Wildman–Crippen LogP) is 3.11. The van der Waals surface area contributed by atoms with Gasteiger partial charge in [-0.3, -0.25) is 0 Å². The molecule has 1 heterocycles. The van der Waals surface area contributed by atoms with Crippen LogP contribution in [0.4, 0.5) is 21.7 Å². The smallest absolute Gasteiger partial charge is 0.139 e. The maximum Gasteiger partial charge on any atom is 0.139 e. The largest absolute Gasteiger partial charge is 0.383 e. The van der Waals surface area contributed by atoms with Gasteiger partial charge in [-0.2, -0.15) is 0 Å². The molecule has 0 spiro atoms. The summed E-state index contributed by atoms with van der Waals surface area (Å²) in [5.74, 6) is 0.865. The number of aromatic nitrogens is 2. The lowest BCUT2D eigenvalue weighted by Gasteiger charge is -2.12. The summed E-state index contributed by atoms with van der Waals surface area (Å²) in [6.45, 7) is 1.98. The van der Waals surface area contributed by atoms with Crippen molar-refractivity contribution >= 4 is 39.9 Å². The fourth-order valence-electron chi connectivity index (χ4n) is 1.60. The molecule has 0 radical (unpaired) electrons. The Morgan fingerprint density at radius 1 is 1.39 bits per heavy atom. The second kappa shape index (κ2) is 5.47. The number of anilines is 3. The fraction of sp³-hybridized carbons (Fsp3) is 0.167. The first kappa shape index (κ1) is 13.0. The summed E-state index contributed by atoms with van der Waals surface area (Å²) in [7, 11) is 0. The van der Waals surface area contributed by atoms with Crippen LogP contribution >= 0.6 is 22.6 Å². The van der Waals surface area contributed by atoms with E-state index in [1.54, 1.807) is 6.07 Å². The van der Waals surface area contributed by atoms with Gasteiger partial charge in [-0.05, 0) is 47.2 Å². The van der Waals surface area contributed by atoms with E-state index in [2.05, 4.69) is 37.9 Å². The molecule has 2 aromatic rings. The summed E-state index contributed by atoms with van der Waals surface area (Å²) in [4.78, 5) is 8.12. The molecule has 18 heavy (non-hydrogen) atoms. The third-order valence-corrected chi connectivity index (χ3v) is 3.41. The Bertz CT molecular complexity index is 574. The highest BCUT2D eigenvalue weighted by Gasteiger charge is 2.09. The van der Waals surface area contributed by atoms with Gasteiger partial charge in [-0.15, -0.1) is 0 Å². The van der Waals surface area contributed by atoms with Gasteiger partial charge < -0.3 is 11.1 Å². The van der Waals surface area contributed by atoms with E-state index in [9.17, 15) is 4.39 Å². The molecule has 0 saturated heterocycles. The molecule has 94 valence electrons. The van der Waals surface area contributed by atoms with E-state index in [0.717, 1.165) is 21.2 Å². The monoisotopic (exact) mass is 358 g/mol. The van der Waals surface area contributed by atoms with Gasteiger partial charge in [0.25, 0.3) is 0 Å². The molecular weight excluding hydrogens is 346 g/mol. The van der Waals surface area contributed by atoms with E-state index in [-0.39, 0.29) is 5.82 Å². The van der Waals surface area contributed by atoms with E-state index in [1.165, 1.54) is 18.5 Å². The Kier molecular flexibility index (Phi) is 3.95. The van der Waals surface area contributed by atoms with Crippen molar-refractivity contribution in [2.75, 3.05) is 11.1 Å². The zero-order chi connectivity index (χ0) is 13.1. The van der Waals surface area contributed by atoms with Gasteiger partial charge in [0.1, 0.15) is 23.8 Å². The zero-order valence-electron chi connectivity index (χ0n) is 9.74. The third kappa shape index (κ3) is 2.69. The van der Waals surface area contributed by atoms with Gasteiger partial charge in [0.2, 0.25) is 0 Å². The molecule has 2 rings (SSSR count). The van der Waals surface area contributed by atoms with Crippen molar-refractivity contribution in [2.24, 2.45) is 0 Å². The molecule has 0 saturated carbocycles. The minimum atomic E-state index is -0.261. The van der Waals surface area contributed by atoms with E-state index in [1.807, 2.05) is 6.92 Å². The summed E-state index contributed by atoms with van der Waals surface area (Å²) < 4.78 is 13.8. The van der Waals surface area contributed by atoms with Crippen LogP contribution in [0.15, 0.2) is 24.5 Å². The summed E-state index contributed by atoms with van der Waals surface area (Å²) in [6, 6.07) is 4.54. The molecule has 0 fully saturated rings. The molecule has 0 aliphatic rings. The Morgan fingerprint density at radius 3 is 2.83 bits per heavy atom. The van der Waals surface area contributed by atoms with Crippen LogP contribution in [0, 0.1) is 9.39 Å². The van der Waals surface area contributed by atoms with Gasteiger partial charge in [0.15, 0.2) is 0 Å². The first-order valence-corrected chi connectivity index (χ1v) is 6.51. The average molecular weight is 358 g/mol. The molecule has 0 bridgehead atoms. The maximum absolute atomic E-state index is 13.0. The van der Waals surface area contributed by atoms with Crippen molar-refractivity contribution < 1.29 is 4.39 Å². The van der Waals surface area contributed by atoms with Crippen LogP contribution in [0.1, 0.15) is 12.5 Å². The summed E-state index contributed by atoms with van der Waals surface area (Å²) >= 11 is 2.07. The number of halogens is 2. The maximum atomic E-state index is 13.0. The van der Waals surface area contributed by atoms with Crippen LogP contribution in [0.5, 0.6) is 0 Å². The summed E-state index contributed by atoms with van der Waals surface area (Å²) in [6.07, 6.45) is 2.14. The summed E-state index contributed by atoms with van der Waals surface area (Å²) in [5, 5.41) is 3.15. The van der Waals surface area contributed by atoms with Crippen molar-refractivity contribution in [3.63, 3.8) is 0 Å². The van der Waals surface area contributed by atoms with Crippen molar-refractivity contribution in [3.05, 3.63) is 39.5 Å². The highest BCUT2D eigenvalue weighted by molar-refractivity contribution is 14.1. The van der Waals surface area contributed by atoms with Gasteiger partial charge in [-0.25, -0.2) is 14.4 Å². The molecule has 3 N–H and O–H groups in total. The van der Waals surface area contributed by atoms with Crippen LogP contribution in [-0.4, -0.2) is 9.97 Å². The van der Waals surface area contributed by atoms with Crippen molar-refractivity contribution in [1.29, 1.82) is 0 Å². The SMILES string of the molecule is CCc1c(N)ncnc1Nc1ccc(F)cc1I. The minimum absolute atomic E-state index is 0.261. The van der Waals surface area contributed by atoms with Gasteiger partial charge in [-0.1, -0.05) is 6.92 Å².